The number of nitrogens with zero attached hydrogens (tertiary/aromatic N) is 3. The Hall–Kier alpha value is -0.870. The zero-order valence-corrected chi connectivity index (χ0v) is 10.7. The molecule has 16 heavy (non-hydrogen) atoms. The molecule has 0 aliphatic carbocycles. The van der Waals surface area contributed by atoms with Gasteiger partial charge in [0.1, 0.15) is 0 Å². The van der Waals surface area contributed by atoms with Crippen LogP contribution in [0.25, 0.3) is 0 Å². The highest BCUT2D eigenvalue weighted by Crippen LogP contribution is 2.01. The summed E-state index contributed by atoms with van der Waals surface area (Å²) in [6.45, 7) is 6.36. The predicted octanol–water partition coefficient (Wildman–Crippen LogP) is 1.33. The van der Waals surface area contributed by atoms with E-state index in [1.807, 2.05) is 12.5 Å². The summed E-state index contributed by atoms with van der Waals surface area (Å²) in [5.74, 6) is 0. The number of nitrogens with one attached hydrogen (secondary N) is 1. The lowest BCUT2D eigenvalue weighted by Gasteiger charge is -2.11. The van der Waals surface area contributed by atoms with E-state index in [9.17, 15) is 0 Å². The molecule has 0 atom stereocenters. The van der Waals surface area contributed by atoms with Crippen LogP contribution in [0.1, 0.15) is 25.5 Å². The lowest BCUT2D eigenvalue weighted by molar-refractivity contribution is 0.384. The number of aryl methyl sites for hydroxylation is 1. The van der Waals surface area contributed by atoms with Crippen molar-refractivity contribution in [1.29, 1.82) is 0 Å². The van der Waals surface area contributed by atoms with E-state index in [1.165, 1.54) is 18.5 Å². The van der Waals surface area contributed by atoms with E-state index < -0.39 is 0 Å². The molecule has 4 heteroatoms. The van der Waals surface area contributed by atoms with Gasteiger partial charge < -0.3 is 14.8 Å². The van der Waals surface area contributed by atoms with E-state index in [4.69, 9.17) is 0 Å². The maximum absolute atomic E-state index is 4.21. The van der Waals surface area contributed by atoms with Crippen molar-refractivity contribution in [2.24, 2.45) is 0 Å². The van der Waals surface area contributed by atoms with Gasteiger partial charge in [0.15, 0.2) is 0 Å². The zero-order chi connectivity index (χ0) is 11.8. The van der Waals surface area contributed by atoms with Gasteiger partial charge >= 0.3 is 0 Å². The quantitative estimate of drug-likeness (QED) is 0.676. The molecule has 0 fully saturated rings. The Balaban J connectivity index is 2.32. The smallest absolute Gasteiger partial charge is 0.0948 e. The standard InChI is InChI=1S/C12H24N4/c1-4-6-13-9-12-10-14-11-16(12)8-5-7-15(2)3/h10-11,13H,4-9H2,1-3H3. The van der Waals surface area contributed by atoms with Gasteiger partial charge in [-0.2, -0.15) is 0 Å². The Bertz CT molecular complexity index is 280. The number of aromatic nitrogens is 2. The molecule has 1 heterocycles. The molecule has 0 aliphatic rings. The fraction of sp³-hybridized carbons (Fsp3) is 0.750. The number of rotatable bonds is 8. The molecule has 92 valence electrons. The highest BCUT2D eigenvalue weighted by Gasteiger charge is 2.01. The van der Waals surface area contributed by atoms with Crippen LogP contribution in [0.4, 0.5) is 0 Å². The monoisotopic (exact) mass is 224 g/mol. The summed E-state index contributed by atoms with van der Waals surface area (Å²) in [7, 11) is 4.22. The van der Waals surface area contributed by atoms with Gasteiger partial charge in [0, 0.05) is 19.3 Å². The second-order valence-corrected chi connectivity index (χ2v) is 4.41. The fourth-order valence-electron chi connectivity index (χ4n) is 1.65. The minimum atomic E-state index is 0.926. The summed E-state index contributed by atoms with van der Waals surface area (Å²) in [6, 6.07) is 0. The van der Waals surface area contributed by atoms with E-state index in [-0.39, 0.29) is 0 Å². The van der Waals surface area contributed by atoms with Crippen LogP contribution in [0.5, 0.6) is 0 Å². The Morgan fingerprint density at radius 2 is 2.25 bits per heavy atom. The van der Waals surface area contributed by atoms with Crippen molar-refractivity contribution < 1.29 is 0 Å². The summed E-state index contributed by atoms with van der Waals surface area (Å²) in [6.07, 6.45) is 6.23. The normalized spacial score (nSPS) is 11.2. The first kappa shape index (κ1) is 13.2. The van der Waals surface area contributed by atoms with Gasteiger partial charge in [-0.15, -0.1) is 0 Å². The maximum Gasteiger partial charge on any atom is 0.0948 e. The Kier molecular flexibility index (Phi) is 6.11. The maximum atomic E-state index is 4.21. The van der Waals surface area contributed by atoms with Gasteiger partial charge in [-0.05, 0) is 40.0 Å². The molecule has 0 spiro atoms. The zero-order valence-electron chi connectivity index (χ0n) is 10.7. The van der Waals surface area contributed by atoms with E-state index in [1.54, 1.807) is 0 Å². The number of hydrogen-bond acceptors (Lipinski definition) is 3. The number of hydrogen-bond donors (Lipinski definition) is 1. The summed E-state index contributed by atoms with van der Waals surface area (Å²) in [5, 5.41) is 3.41. The summed E-state index contributed by atoms with van der Waals surface area (Å²) < 4.78 is 2.24. The van der Waals surface area contributed by atoms with Crippen LogP contribution in [0, 0.1) is 0 Å². The molecule has 0 aliphatic heterocycles. The minimum Gasteiger partial charge on any atom is -0.333 e. The third-order valence-electron chi connectivity index (χ3n) is 2.54. The van der Waals surface area contributed by atoms with Gasteiger partial charge in [0.05, 0.1) is 12.0 Å². The molecule has 0 aromatic carbocycles. The van der Waals surface area contributed by atoms with Gasteiger partial charge in [-0.1, -0.05) is 6.92 Å². The summed E-state index contributed by atoms with van der Waals surface area (Å²) in [5.41, 5.74) is 1.28. The molecule has 1 rings (SSSR count). The second kappa shape index (κ2) is 7.41. The van der Waals surface area contributed by atoms with Crippen LogP contribution in [-0.2, 0) is 13.1 Å². The lowest BCUT2D eigenvalue weighted by Crippen LogP contribution is -2.18. The molecule has 0 saturated heterocycles. The third-order valence-corrected chi connectivity index (χ3v) is 2.54. The highest BCUT2D eigenvalue weighted by molar-refractivity contribution is 4.97. The largest absolute Gasteiger partial charge is 0.333 e. The van der Waals surface area contributed by atoms with Crippen molar-refractivity contribution in [1.82, 2.24) is 19.8 Å². The Morgan fingerprint density at radius 1 is 1.44 bits per heavy atom. The molecule has 4 nitrogen and oxygen atoms in total. The SMILES string of the molecule is CCCNCc1cncn1CCCN(C)C. The van der Waals surface area contributed by atoms with Gasteiger partial charge in [0.25, 0.3) is 0 Å². The van der Waals surface area contributed by atoms with Crippen LogP contribution < -0.4 is 5.32 Å². The Labute approximate surface area is 98.7 Å². The van der Waals surface area contributed by atoms with Crippen LogP contribution in [0.3, 0.4) is 0 Å². The molecule has 0 bridgehead atoms. The molecule has 0 saturated carbocycles. The van der Waals surface area contributed by atoms with Gasteiger partial charge in [-0.3, -0.25) is 0 Å². The first-order valence-electron chi connectivity index (χ1n) is 6.08. The van der Waals surface area contributed by atoms with Crippen molar-refractivity contribution in [3.63, 3.8) is 0 Å². The minimum absolute atomic E-state index is 0.926. The third kappa shape index (κ3) is 4.77. The number of imidazole rings is 1. The first-order valence-corrected chi connectivity index (χ1v) is 6.08. The Morgan fingerprint density at radius 3 is 2.94 bits per heavy atom. The molecule has 0 amide bonds. The van der Waals surface area contributed by atoms with E-state index in [0.29, 0.717) is 0 Å². The molecular weight excluding hydrogens is 200 g/mol. The van der Waals surface area contributed by atoms with E-state index >= 15 is 0 Å². The second-order valence-electron chi connectivity index (χ2n) is 4.41. The first-order chi connectivity index (χ1) is 7.74. The van der Waals surface area contributed by atoms with Crippen molar-refractivity contribution in [2.45, 2.75) is 32.9 Å². The van der Waals surface area contributed by atoms with Crippen molar-refractivity contribution >= 4 is 0 Å². The average Bonchev–Trinajstić information content (AvgIpc) is 2.66. The van der Waals surface area contributed by atoms with Crippen LogP contribution in [0.2, 0.25) is 0 Å². The van der Waals surface area contributed by atoms with E-state index in [2.05, 4.69) is 40.8 Å². The molecule has 1 aromatic heterocycles. The van der Waals surface area contributed by atoms with Crippen molar-refractivity contribution in [3.05, 3.63) is 18.2 Å². The van der Waals surface area contributed by atoms with Crippen LogP contribution >= 0.6 is 0 Å². The average molecular weight is 224 g/mol. The van der Waals surface area contributed by atoms with E-state index in [0.717, 1.165) is 26.2 Å². The highest BCUT2D eigenvalue weighted by atomic mass is 15.1. The van der Waals surface area contributed by atoms with Gasteiger partial charge in [0.2, 0.25) is 0 Å². The van der Waals surface area contributed by atoms with Crippen LogP contribution in [-0.4, -0.2) is 41.6 Å². The summed E-state index contributed by atoms with van der Waals surface area (Å²) in [4.78, 5) is 6.42. The molecular formula is C12H24N4. The molecule has 1 aromatic rings. The molecule has 0 unspecified atom stereocenters. The lowest BCUT2D eigenvalue weighted by atomic mass is 10.3. The predicted molar refractivity (Wildman–Crippen MR) is 67.4 cm³/mol. The summed E-state index contributed by atoms with van der Waals surface area (Å²) >= 11 is 0. The van der Waals surface area contributed by atoms with Gasteiger partial charge in [-0.25, -0.2) is 4.98 Å². The van der Waals surface area contributed by atoms with Crippen molar-refractivity contribution in [2.75, 3.05) is 27.2 Å². The molecule has 0 radical (unpaired) electrons. The van der Waals surface area contributed by atoms with Crippen molar-refractivity contribution in [3.8, 4) is 0 Å². The topological polar surface area (TPSA) is 33.1 Å². The molecule has 1 N–H and O–H groups in total. The fourth-order valence-corrected chi connectivity index (χ4v) is 1.65. The van der Waals surface area contributed by atoms with Crippen LogP contribution in [0.15, 0.2) is 12.5 Å².